The van der Waals surface area contributed by atoms with Crippen LogP contribution >= 0.6 is 15.9 Å². The summed E-state index contributed by atoms with van der Waals surface area (Å²) in [5.41, 5.74) is 9.98. The Labute approximate surface area is 159 Å². The van der Waals surface area contributed by atoms with Gasteiger partial charge in [0.25, 0.3) is 0 Å². The number of fused-ring (bicyclic) bond motifs is 1. The molecule has 0 saturated carbocycles. The molecule has 1 atom stereocenters. The van der Waals surface area contributed by atoms with E-state index in [0.717, 1.165) is 27.0 Å². The van der Waals surface area contributed by atoms with Gasteiger partial charge >= 0.3 is 0 Å². The molecule has 0 bridgehead atoms. The van der Waals surface area contributed by atoms with Gasteiger partial charge in [-0.3, -0.25) is 0 Å². The molecule has 1 aliphatic heterocycles. The molecule has 128 valence electrons. The van der Waals surface area contributed by atoms with E-state index in [0.29, 0.717) is 11.5 Å². The molecule has 5 nitrogen and oxygen atoms in total. The first-order valence-corrected chi connectivity index (χ1v) is 8.88. The quantitative estimate of drug-likeness (QED) is 0.692. The highest BCUT2D eigenvalue weighted by molar-refractivity contribution is 9.10. The molecule has 0 amide bonds. The lowest BCUT2D eigenvalue weighted by Gasteiger charge is -2.25. The van der Waals surface area contributed by atoms with E-state index in [-0.39, 0.29) is 11.8 Å². The van der Waals surface area contributed by atoms with Crippen LogP contribution in [0.25, 0.3) is 5.69 Å². The van der Waals surface area contributed by atoms with Crippen LogP contribution in [0.1, 0.15) is 22.7 Å². The predicted octanol–water partition coefficient (Wildman–Crippen LogP) is 4.16. The number of nitrogens with zero attached hydrogens (tertiary/aromatic N) is 3. The topological polar surface area (TPSA) is 76.9 Å². The van der Waals surface area contributed by atoms with E-state index in [1.165, 1.54) is 0 Å². The SMILES string of the molecule is Cc1nn(-c2ccccc2)c2c1C(c1ccccc1Br)C(C#N)=C(N)O2. The third-order valence-electron chi connectivity index (χ3n) is 4.45. The standard InChI is InChI=1S/C20H15BrN4O/c1-12-17-18(14-9-5-6-10-16(14)21)15(11-22)19(23)26-20(17)25(24-12)13-7-3-2-4-8-13/h2-10,18H,23H2,1H3. The van der Waals surface area contributed by atoms with Gasteiger partial charge in [0.1, 0.15) is 11.6 Å². The minimum atomic E-state index is -0.336. The number of ether oxygens (including phenoxy) is 1. The maximum Gasteiger partial charge on any atom is 0.229 e. The molecular weight excluding hydrogens is 392 g/mol. The van der Waals surface area contributed by atoms with Crippen LogP contribution in [0, 0.1) is 18.3 Å². The lowest BCUT2D eigenvalue weighted by atomic mass is 9.84. The molecule has 0 saturated heterocycles. The van der Waals surface area contributed by atoms with E-state index in [4.69, 9.17) is 10.5 Å². The first-order valence-electron chi connectivity index (χ1n) is 8.08. The Morgan fingerprint density at radius 1 is 1.15 bits per heavy atom. The minimum absolute atomic E-state index is 0.109. The molecule has 6 heteroatoms. The van der Waals surface area contributed by atoms with Gasteiger partial charge in [-0.2, -0.15) is 10.4 Å². The number of hydrogen-bond donors (Lipinski definition) is 1. The zero-order valence-electron chi connectivity index (χ0n) is 14.0. The number of hydrogen-bond acceptors (Lipinski definition) is 4. The maximum atomic E-state index is 9.71. The molecule has 1 aromatic heterocycles. The van der Waals surface area contributed by atoms with Crippen molar-refractivity contribution >= 4 is 15.9 Å². The molecule has 2 heterocycles. The molecule has 2 aromatic carbocycles. The Morgan fingerprint density at radius 3 is 2.54 bits per heavy atom. The van der Waals surface area contributed by atoms with Crippen LogP contribution in [0.2, 0.25) is 0 Å². The summed E-state index contributed by atoms with van der Waals surface area (Å²) in [6.45, 7) is 1.92. The Hall–Kier alpha value is -3.04. The van der Waals surface area contributed by atoms with Gasteiger partial charge in [0.2, 0.25) is 11.8 Å². The van der Waals surface area contributed by atoms with Gasteiger partial charge in [-0.1, -0.05) is 52.3 Å². The highest BCUT2D eigenvalue weighted by atomic mass is 79.9. The Balaban J connectivity index is 1.99. The van der Waals surface area contributed by atoms with Gasteiger partial charge in [-0.05, 0) is 30.7 Å². The van der Waals surface area contributed by atoms with Crippen molar-refractivity contribution in [3.05, 3.63) is 87.3 Å². The van der Waals surface area contributed by atoms with Crippen molar-refractivity contribution < 1.29 is 4.74 Å². The molecule has 3 aromatic rings. The third kappa shape index (κ3) is 2.49. The highest BCUT2D eigenvalue weighted by Crippen LogP contribution is 2.46. The van der Waals surface area contributed by atoms with Gasteiger partial charge < -0.3 is 10.5 Å². The van der Waals surface area contributed by atoms with Crippen LogP contribution < -0.4 is 10.5 Å². The second kappa shape index (κ2) is 6.36. The molecule has 0 fully saturated rings. The number of aromatic nitrogens is 2. The van der Waals surface area contributed by atoms with Crippen molar-refractivity contribution in [2.24, 2.45) is 5.73 Å². The summed E-state index contributed by atoms with van der Waals surface area (Å²) in [7, 11) is 0. The number of benzene rings is 2. The van der Waals surface area contributed by atoms with Crippen molar-refractivity contribution in [1.29, 1.82) is 5.26 Å². The molecule has 4 rings (SSSR count). The lowest BCUT2D eigenvalue weighted by molar-refractivity contribution is 0.367. The number of rotatable bonds is 2. The molecule has 0 spiro atoms. The van der Waals surface area contributed by atoms with Gasteiger partial charge in [0, 0.05) is 4.47 Å². The van der Waals surface area contributed by atoms with Crippen LogP contribution in [-0.2, 0) is 0 Å². The Bertz CT molecular complexity index is 1060. The predicted molar refractivity (Wildman–Crippen MR) is 102 cm³/mol. The van der Waals surface area contributed by atoms with Crippen LogP contribution in [0.15, 0.2) is 70.5 Å². The van der Waals surface area contributed by atoms with E-state index in [2.05, 4.69) is 27.1 Å². The molecule has 1 unspecified atom stereocenters. The summed E-state index contributed by atoms with van der Waals surface area (Å²) < 4.78 is 8.49. The van der Waals surface area contributed by atoms with Crippen molar-refractivity contribution in [3.63, 3.8) is 0 Å². The monoisotopic (exact) mass is 406 g/mol. The number of halogens is 1. The zero-order chi connectivity index (χ0) is 18.3. The summed E-state index contributed by atoms with van der Waals surface area (Å²) in [4.78, 5) is 0. The normalized spacial score (nSPS) is 16.0. The Kier molecular flexibility index (Phi) is 4.02. The highest BCUT2D eigenvalue weighted by Gasteiger charge is 2.36. The first kappa shape index (κ1) is 16.4. The summed E-state index contributed by atoms with van der Waals surface area (Å²) >= 11 is 3.60. The average Bonchev–Trinajstić information content (AvgIpc) is 2.98. The van der Waals surface area contributed by atoms with E-state index >= 15 is 0 Å². The van der Waals surface area contributed by atoms with E-state index in [1.54, 1.807) is 4.68 Å². The Morgan fingerprint density at radius 2 is 1.85 bits per heavy atom. The summed E-state index contributed by atoms with van der Waals surface area (Å²) in [6.07, 6.45) is 0. The molecule has 1 aliphatic rings. The number of nitrogens with two attached hydrogens (primary N) is 1. The summed E-state index contributed by atoms with van der Waals surface area (Å²) in [5.74, 6) is 0.320. The van der Waals surface area contributed by atoms with E-state index in [9.17, 15) is 5.26 Å². The van der Waals surface area contributed by atoms with Crippen molar-refractivity contribution in [3.8, 4) is 17.6 Å². The van der Waals surface area contributed by atoms with Crippen LogP contribution in [0.4, 0.5) is 0 Å². The van der Waals surface area contributed by atoms with Gasteiger partial charge in [-0.25, -0.2) is 4.68 Å². The second-order valence-corrected chi connectivity index (χ2v) is 6.85. The fourth-order valence-corrected chi connectivity index (χ4v) is 3.79. The maximum absolute atomic E-state index is 9.71. The summed E-state index contributed by atoms with van der Waals surface area (Å²) in [6, 6.07) is 19.7. The van der Waals surface area contributed by atoms with Crippen molar-refractivity contribution in [1.82, 2.24) is 9.78 Å². The molecule has 2 N–H and O–H groups in total. The smallest absolute Gasteiger partial charge is 0.229 e. The minimum Gasteiger partial charge on any atom is -0.422 e. The van der Waals surface area contributed by atoms with Crippen LogP contribution in [-0.4, -0.2) is 9.78 Å². The number of nitriles is 1. The average molecular weight is 407 g/mol. The van der Waals surface area contributed by atoms with E-state index in [1.807, 2.05) is 61.5 Å². The molecular formula is C20H15BrN4O. The van der Waals surface area contributed by atoms with Crippen molar-refractivity contribution in [2.75, 3.05) is 0 Å². The van der Waals surface area contributed by atoms with E-state index < -0.39 is 0 Å². The van der Waals surface area contributed by atoms with Crippen molar-refractivity contribution in [2.45, 2.75) is 12.8 Å². The number of allylic oxidation sites excluding steroid dienone is 1. The van der Waals surface area contributed by atoms with Crippen LogP contribution in [0.5, 0.6) is 5.88 Å². The first-order chi connectivity index (χ1) is 12.6. The van der Waals surface area contributed by atoms with Crippen LogP contribution in [0.3, 0.4) is 0 Å². The fourth-order valence-electron chi connectivity index (χ4n) is 3.28. The second-order valence-electron chi connectivity index (χ2n) is 6.00. The number of para-hydroxylation sites is 1. The molecule has 26 heavy (non-hydrogen) atoms. The number of aryl methyl sites for hydroxylation is 1. The molecule has 0 aliphatic carbocycles. The largest absolute Gasteiger partial charge is 0.422 e. The van der Waals surface area contributed by atoms with Gasteiger partial charge in [0.15, 0.2) is 0 Å². The van der Waals surface area contributed by atoms with Gasteiger partial charge in [-0.15, -0.1) is 0 Å². The van der Waals surface area contributed by atoms with Gasteiger partial charge in [0.05, 0.1) is 22.9 Å². The third-order valence-corrected chi connectivity index (χ3v) is 5.17. The fraction of sp³-hybridized carbons (Fsp3) is 0.100. The molecule has 0 radical (unpaired) electrons. The summed E-state index contributed by atoms with van der Waals surface area (Å²) in [5, 5.41) is 14.4. The lowest BCUT2D eigenvalue weighted by Crippen LogP contribution is -2.22. The zero-order valence-corrected chi connectivity index (χ0v) is 15.6.